The molecule has 84 valence electrons. The summed E-state index contributed by atoms with van der Waals surface area (Å²) in [6.45, 7) is 8.92. The van der Waals surface area contributed by atoms with Gasteiger partial charge in [0.25, 0.3) is 0 Å². The molecule has 1 aliphatic heterocycles. The van der Waals surface area contributed by atoms with E-state index in [2.05, 4.69) is 31.0 Å². The van der Waals surface area contributed by atoms with E-state index in [1.807, 2.05) is 0 Å². The molecule has 1 heterocycles. The quantitative estimate of drug-likeness (QED) is 0.748. The summed E-state index contributed by atoms with van der Waals surface area (Å²) in [6.07, 6.45) is 2.25. The molecule has 1 aliphatic rings. The Labute approximate surface area is 86.9 Å². The number of halogens is 1. The summed E-state index contributed by atoms with van der Waals surface area (Å²) in [7, 11) is 0. The number of nitrogens with one attached hydrogen (secondary N) is 1. The summed E-state index contributed by atoms with van der Waals surface area (Å²) < 4.78 is 12.3. The molecule has 0 aromatic rings. The van der Waals surface area contributed by atoms with Crippen LogP contribution in [0.2, 0.25) is 0 Å². The smallest absolute Gasteiger partial charge is 0.102 e. The van der Waals surface area contributed by atoms with E-state index < -0.39 is 0 Å². The zero-order chi connectivity index (χ0) is 10.6. The van der Waals surface area contributed by atoms with Crippen molar-refractivity contribution in [2.24, 2.45) is 0 Å². The van der Waals surface area contributed by atoms with Crippen molar-refractivity contribution in [2.45, 2.75) is 45.2 Å². The summed E-state index contributed by atoms with van der Waals surface area (Å²) in [5, 5.41) is 3.61. The van der Waals surface area contributed by atoms with Crippen molar-refractivity contribution in [1.82, 2.24) is 10.2 Å². The third-order valence-corrected chi connectivity index (χ3v) is 3.63. The van der Waals surface area contributed by atoms with Crippen molar-refractivity contribution < 1.29 is 4.39 Å². The van der Waals surface area contributed by atoms with Gasteiger partial charge < -0.3 is 5.32 Å². The fourth-order valence-electron chi connectivity index (χ4n) is 2.23. The second-order valence-electron chi connectivity index (χ2n) is 4.38. The summed E-state index contributed by atoms with van der Waals surface area (Å²) in [4.78, 5) is 2.27. The Morgan fingerprint density at radius 3 is 2.57 bits per heavy atom. The van der Waals surface area contributed by atoms with E-state index in [-0.39, 0.29) is 12.2 Å². The molecule has 0 amide bonds. The lowest BCUT2D eigenvalue weighted by atomic mass is 9.89. The van der Waals surface area contributed by atoms with E-state index in [9.17, 15) is 4.39 Å². The first-order valence-electron chi connectivity index (χ1n) is 5.72. The van der Waals surface area contributed by atoms with Crippen LogP contribution in [0.1, 0.15) is 33.6 Å². The van der Waals surface area contributed by atoms with Crippen LogP contribution < -0.4 is 5.32 Å². The molecule has 1 fully saturated rings. The first-order chi connectivity index (χ1) is 6.67. The average Bonchev–Trinajstić information content (AvgIpc) is 2.22. The fraction of sp³-hybridized carbons (Fsp3) is 1.00. The maximum absolute atomic E-state index is 12.3. The molecule has 0 aromatic heterocycles. The van der Waals surface area contributed by atoms with Gasteiger partial charge in [-0.2, -0.15) is 0 Å². The molecule has 0 saturated carbocycles. The third-order valence-electron chi connectivity index (χ3n) is 3.63. The van der Waals surface area contributed by atoms with Gasteiger partial charge in [-0.05, 0) is 19.8 Å². The normalized spacial score (nSPS) is 27.9. The standard InChI is InChI=1S/C11H23FN2/c1-4-11(5-2)9-14(7-6-12)10(3)8-13-11/h10,13H,4-9H2,1-3H3. The predicted octanol–water partition coefficient (Wildman–Crippen LogP) is 1.81. The number of nitrogens with zero attached hydrogens (tertiary/aromatic N) is 1. The van der Waals surface area contributed by atoms with Gasteiger partial charge in [0.15, 0.2) is 0 Å². The number of hydrogen-bond acceptors (Lipinski definition) is 2. The predicted molar refractivity (Wildman–Crippen MR) is 58.3 cm³/mol. The van der Waals surface area contributed by atoms with Crippen LogP contribution in [0.25, 0.3) is 0 Å². The summed E-state index contributed by atoms with van der Waals surface area (Å²) in [6, 6.07) is 0.469. The van der Waals surface area contributed by atoms with Crippen molar-refractivity contribution in [3.8, 4) is 0 Å². The van der Waals surface area contributed by atoms with Crippen molar-refractivity contribution in [1.29, 1.82) is 0 Å². The average molecular weight is 202 g/mol. The van der Waals surface area contributed by atoms with Gasteiger partial charge in [0.2, 0.25) is 0 Å². The minimum atomic E-state index is -0.228. The van der Waals surface area contributed by atoms with Crippen LogP contribution >= 0.6 is 0 Å². The van der Waals surface area contributed by atoms with Gasteiger partial charge in [-0.15, -0.1) is 0 Å². The highest BCUT2D eigenvalue weighted by molar-refractivity contribution is 4.95. The van der Waals surface area contributed by atoms with E-state index in [1.165, 1.54) is 0 Å². The highest BCUT2D eigenvalue weighted by Gasteiger charge is 2.34. The van der Waals surface area contributed by atoms with E-state index in [4.69, 9.17) is 0 Å². The molecule has 1 saturated heterocycles. The Kier molecular flexibility index (Phi) is 4.32. The molecule has 1 atom stereocenters. The number of rotatable bonds is 4. The van der Waals surface area contributed by atoms with Crippen LogP contribution in [0.5, 0.6) is 0 Å². The van der Waals surface area contributed by atoms with Gasteiger partial charge in [-0.25, -0.2) is 4.39 Å². The largest absolute Gasteiger partial charge is 0.308 e. The van der Waals surface area contributed by atoms with Crippen LogP contribution in [0.15, 0.2) is 0 Å². The van der Waals surface area contributed by atoms with Crippen LogP contribution in [0.3, 0.4) is 0 Å². The second-order valence-corrected chi connectivity index (χ2v) is 4.38. The number of piperazine rings is 1. The van der Waals surface area contributed by atoms with E-state index in [1.54, 1.807) is 0 Å². The molecule has 0 aliphatic carbocycles. The Hall–Kier alpha value is -0.150. The lowest BCUT2D eigenvalue weighted by Gasteiger charge is -2.46. The van der Waals surface area contributed by atoms with Crippen LogP contribution in [-0.2, 0) is 0 Å². The van der Waals surface area contributed by atoms with Crippen molar-refractivity contribution in [2.75, 3.05) is 26.3 Å². The Morgan fingerprint density at radius 2 is 2.07 bits per heavy atom. The van der Waals surface area contributed by atoms with Gasteiger partial charge in [0.05, 0.1) is 0 Å². The Bertz CT molecular complexity index is 169. The van der Waals surface area contributed by atoms with E-state index in [0.717, 1.165) is 25.9 Å². The maximum Gasteiger partial charge on any atom is 0.102 e. The van der Waals surface area contributed by atoms with Crippen molar-refractivity contribution in [3.05, 3.63) is 0 Å². The van der Waals surface area contributed by atoms with Gasteiger partial charge in [0.1, 0.15) is 6.67 Å². The van der Waals surface area contributed by atoms with Crippen molar-refractivity contribution >= 4 is 0 Å². The number of alkyl halides is 1. The molecular weight excluding hydrogens is 179 g/mol. The molecule has 3 heteroatoms. The van der Waals surface area contributed by atoms with Gasteiger partial charge in [-0.1, -0.05) is 13.8 Å². The molecule has 1 unspecified atom stereocenters. The monoisotopic (exact) mass is 202 g/mol. The second kappa shape index (κ2) is 5.08. The zero-order valence-corrected chi connectivity index (χ0v) is 9.65. The molecule has 1 N–H and O–H groups in total. The van der Waals surface area contributed by atoms with Crippen LogP contribution in [0.4, 0.5) is 4.39 Å². The van der Waals surface area contributed by atoms with Crippen LogP contribution in [0, 0.1) is 0 Å². The third kappa shape index (κ3) is 2.45. The lowest BCUT2D eigenvalue weighted by molar-refractivity contribution is 0.0755. The lowest BCUT2D eigenvalue weighted by Crippen LogP contribution is -2.63. The molecule has 0 bridgehead atoms. The summed E-state index contributed by atoms with van der Waals surface area (Å²) >= 11 is 0. The SMILES string of the molecule is CCC1(CC)CN(CCF)C(C)CN1. The fourth-order valence-corrected chi connectivity index (χ4v) is 2.23. The van der Waals surface area contributed by atoms with E-state index >= 15 is 0 Å². The number of hydrogen-bond donors (Lipinski definition) is 1. The molecule has 0 radical (unpaired) electrons. The minimum Gasteiger partial charge on any atom is -0.308 e. The summed E-state index contributed by atoms with van der Waals surface area (Å²) in [5.74, 6) is 0. The topological polar surface area (TPSA) is 15.3 Å². The molecule has 0 spiro atoms. The molecule has 1 rings (SSSR count). The maximum atomic E-state index is 12.3. The highest BCUT2D eigenvalue weighted by Crippen LogP contribution is 2.22. The molecule has 14 heavy (non-hydrogen) atoms. The molecule has 2 nitrogen and oxygen atoms in total. The molecular formula is C11H23FN2. The van der Waals surface area contributed by atoms with Gasteiger partial charge in [-0.3, -0.25) is 4.90 Å². The van der Waals surface area contributed by atoms with Crippen molar-refractivity contribution in [3.63, 3.8) is 0 Å². The Morgan fingerprint density at radius 1 is 1.43 bits per heavy atom. The Balaban J connectivity index is 2.59. The minimum absolute atomic E-state index is 0.224. The first kappa shape index (κ1) is 11.9. The van der Waals surface area contributed by atoms with Gasteiger partial charge >= 0.3 is 0 Å². The van der Waals surface area contributed by atoms with Gasteiger partial charge in [0, 0.05) is 31.2 Å². The molecule has 0 aromatic carbocycles. The van der Waals surface area contributed by atoms with E-state index in [0.29, 0.717) is 12.6 Å². The first-order valence-corrected chi connectivity index (χ1v) is 5.72. The highest BCUT2D eigenvalue weighted by atomic mass is 19.1. The summed E-state index contributed by atoms with van der Waals surface area (Å²) in [5.41, 5.74) is 0.224. The van der Waals surface area contributed by atoms with Crippen LogP contribution in [-0.4, -0.2) is 42.8 Å². The zero-order valence-electron chi connectivity index (χ0n) is 9.65.